The lowest BCUT2D eigenvalue weighted by Gasteiger charge is -2.17. The van der Waals surface area contributed by atoms with Crippen LogP contribution in [0.1, 0.15) is 11.1 Å². The Bertz CT molecular complexity index is 846. The third kappa shape index (κ3) is 5.95. The first kappa shape index (κ1) is 20.2. The fourth-order valence-corrected chi connectivity index (χ4v) is 2.19. The Labute approximate surface area is 153 Å². The number of hydrogen-bond acceptors (Lipinski definition) is 2. The molecule has 0 saturated heterocycles. The van der Waals surface area contributed by atoms with Crippen LogP contribution in [0.15, 0.2) is 54.6 Å². The van der Waals surface area contributed by atoms with E-state index < -0.39 is 35.9 Å². The van der Waals surface area contributed by atoms with Gasteiger partial charge in [-0.05, 0) is 35.9 Å². The predicted molar refractivity (Wildman–Crippen MR) is 93.1 cm³/mol. The van der Waals surface area contributed by atoms with Crippen LogP contribution in [0.25, 0.3) is 6.08 Å². The van der Waals surface area contributed by atoms with Gasteiger partial charge in [-0.3, -0.25) is 9.59 Å². The summed E-state index contributed by atoms with van der Waals surface area (Å²) >= 11 is 0. The lowest BCUT2D eigenvalue weighted by Crippen LogP contribution is -2.34. The summed E-state index contributed by atoms with van der Waals surface area (Å²) in [6, 6.07) is 9.99. The fraction of sp³-hybridized carbons (Fsp3) is 0.158. The number of nitrogens with zero attached hydrogens (tertiary/aromatic N) is 1. The minimum absolute atomic E-state index is 0.377. The third-order valence-electron chi connectivity index (χ3n) is 3.55. The first-order valence-corrected chi connectivity index (χ1v) is 7.81. The molecule has 0 aliphatic heterocycles. The van der Waals surface area contributed by atoms with Gasteiger partial charge in [0.05, 0.1) is 17.8 Å². The molecule has 8 heteroatoms. The molecule has 27 heavy (non-hydrogen) atoms. The standard InChI is InChI=1S/C19H16F4N2O2/c1-25(18(27)11-8-13-6-9-14(20)10-7-13)12-17(26)24-16-5-3-2-4-15(16)19(21,22)23/h2-11H,12H2,1H3,(H,24,26)/b11-8+. The number of halogens is 4. The number of nitrogens with one attached hydrogen (secondary N) is 1. The van der Waals surface area contributed by atoms with Gasteiger partial charge in [0, 0.05) is 13.1 Å². The van der Waals surface area contributed by atoms with Crippen molar-refractivity contribution in [3.63, 3.8) is 0 Å². The lowest BCUT2D eigenvalue weighted by molar-refractivity contribution is -0.137. The van der Waals surface area contributed by atoms with E-state index in [-0.39, 0.29) is 5.69 Å². The number of amides is 2. The van der Waals surface area contributed by atoms with Crippen LogP contribution in [0.3, 0.4) is 0 Å². The number of hydrogen-bond donors (Lipinski definition) is 1. The molecule has 0 aliphatic carbocycles. The SMILES string of the molecule is CN(CC(=O)Nc1ccccc1C(F)(F)F)C(=O)/C=C/c1ccc(F)cc1. The summed E-state index contributed by atoms with van der Waals surface area (Å²) in [7, 11) is 1.34. The lowest BCUT2D eigenvalue weighted by atomic mass is 10.1. The number of rotatable bonds is 5. The number of anilines is 1. The van der Waals surface area contributed by atoms with Gasteiger partial charge in [0.25, 0.3) is 0 Å². The van der Waals surface area contributed by atoms with Crippen LogP contribution in [0.4, 0.5) is 23.2 Å². The summed E-state index contributed by atoms with van der Waals surface area (Å²) in [6.45, 7) is -0.432. The number of alkyl halides is 3. The largest absolute Gasteiger partial charge is 0.418 e. The van der Waals surface area contributed by atoms with Gasteiger partial charge in [-0.25, -0.2) is 4.39 Å². The maximum absolute atomic E-state index is 12.9. The Balaban J connectivity index is 1.97. The average Bonchev–Trinajstić information content (AvgIpc) is 2.60. The Morgan fingerprint density at radius 3 is 2.33 bits per heavy atom. The molecule has 0 heterocycles. The number of para-hydroxylation sites is 1. The van der Waals surface area contributed by atoms with Crippen LogP contribution in [0.5, 0.6) is 0 Å². The van der Waals surface area contributed by atoms with Crippen molar-refractivity contribution in [1.82, 2.24) is 4.90 Å². The van der Waals surface area contributed by atoms with Gasteiger partial charge in [-0.2, -0.15) is 13.2 Å². The molecule has 1 N–H and O–H groups in total. The summed E-state index contributed by atoms with van der Waals surface area (Å²) in [6.07, 6.45) is -1.98. The van der Waals surface area contributed by atoms with E-state index >= 15 is 0 Å². The van der Waals surface area contributed by atoms with Crippen LogP contribution in [0, 0.1) is 5.82 Å². The average molecular weight is 380 g/mol. The maximum Gasteiger partial charge on any atom is 0.418 e. The Hall–Kier alpha value is -3.16. The van der Waals surface area contributed by atoms with Crippen molar-refractivity contribution in [3.8, 4) is 0 Å². The number of carbonyl (C=O) groups is 2. The van der Waals surface area contributed by atoms with E-state index in [0.717, 1.165) is 17.0 Å². The second-order valence-electron chi connectivity index (χ2n) is 5.67. The molecular formula is C19H16F4N2O2. The smallest absolute Gasteiger partial charge is 0.333 e. The van der Waals surface area contributed by atoms with Crippen molar-refractivity contribution in [2.75, 3.05) is 18.9 Å². The molecule has 0 aromatic heterocycles. The van der Waals surface area contributed by atoms with Crippen LogP contribution < -0.4 is 5.32 Å². The normalized spacial score (nSPS) is 11.4. The summed E-state index contributed by atoms with van der Waals surface area (Å²) in [5.74, 6) is -1.71. The van der Waals surface area contributed by atoms with E-state index in [0.29, 0.717) is 5.56 Å². The molecule has 0 fully saturated rings. The summed E-state index contributed by atoms with van der Waals surface area (Å²) < 4.78 is 51.6. The van der Waals surface area contributed by atoms with Gasteiger partial charge in [0.2, 0.25) is 11.8 Å². The van der Waals surface area contributed by atoms with Crippen LogP contribution in [-0.2, 0) is 15.8 Å². The van der Waals surface area contributed by atoms with E-state index in [4.69, 9.17) is 0 Å². The van der Waals surface area contributed by atoms with Gasteiger partial charge < -0.3 is 10.2 Å². The minimum Gasteiger partial charge on any atom is -0.333 e. The summed E-state index contributed by atoms with van der Waals surface area (Å²) in [4.78, 5) is 25.0. The van der Waals surface area contributed by atoms with Crippen LogP contribution in [-0.4, -0.2) is 30.3 Å². The van der Waals surface area contributed by atoms with Crippen molar-refractivity contribution in [3.05, 3.63) is 71.6 Å². The molecule has 2 rings (SSSR count). The maximum atomic E-state index is 12.9. The number of carbonyl (C=O) groups excluding carboxylic acids is 2. The molecule has 142 valence electrons. The molecule has 0 aliphatic rings. The second kappa shape index (κ2) is 8.48. The van der Waals surface area contributed by atoms with Crippen molar-refractivity contribution in [2.24, 2.45) is 0 Å². The Kier molecular flexibility index (Phi) is 6.33. The molecule has 0 saturated carbocycles. The Morgan fingerprint density at radius 1 is 1.07 bits per heavy atom. The van der Waals surface area contributed by atoms with E-state index in [1.165, 1.54) is 55.6 Å². The number of benzene rings is 2. The predicted octanol–water partition coefficient (Wildman–Crippen LogP) is 3.95. The van der Waals surface area contributed by atoms with E-state index in [9.17, 15) is 27.2 Å². The zero-order chi connectivity index (χ0) is 20.0. The van der Waals surface area contributed by atoms with Crippen molar-refractivity contribution in [2.45, 2.75) is 6.18 Å². The zero-order valence-corrected chi connectivity index (χ0v) is 14.3. The molecule has 0 unspecified atom stereocenters. The molecule has 4 nitrogen and oxygen atoms in total. The molecule has 2 aromatic carbocycles. The van der Waals surface area contributed by atoms with Crippen molar-refractivity contribution in [1.29, 1.82) is 0 Å². The molecular weight excluding hydrogens is 364 g/mol. The topological polar surface area (TPSA) is 49.4 Å². The molecule has 2 amide bonds. The Morgan fingerprint density at radius 2 is 1.70 bits per heavy atom. The van der Waals surface area contributed by atoms with Gasteiger partial charge in [0.15, 0.2) is 0 Å². The summed E-state index contributed by atoms with van der Waals surface area (Å²) in [5, 5.41) is 2.16. The van der Waals surface area contributed by atoms with Gasteiger partial charge in [-0.1, -0.05) is 24.3 Å². The van der Waals surface area contributed by atoms with Crippen molar-refractivity contribution < 1.29 is 27.2 Å². The molecule has 0 spiro atoms. The van der Waals surface area contributed by atoms with E-state index in [1.54, 1.807) is 0 Å². The van der Waals surface area contributed by atoms with Crippen molar-refractivity contribution >= 4 is 23.6 Å². The first-order chi connectivity index (χ1) is 12.7. The molecule has 2 aromatic rings. The van der Waals surface area contributed by atoms with E-state index in [1.807, 2.05) is 0 Å². The molecule has 0 atom stereocenters. The zero-order valence-electron chi connectivity index (χ0n) is 14.3. The highest BCUT2D eigenvalue weighted by molar-refractivity contribution is 5.98. The highest BCUT2D eigenvalue weighted by atomic mass is 19.4. The first-order valence-electron chi connectivity index (χ1n) is 7.81. The van der Waals surface area contributed by atoms with E-state index in [2.05, 4.69) is 5.32 Å². The highest BCUT2D eigenvalue weighted by Crippen LogP contribution is 2.34. The summed E-state index contributed by atoms with van der Waals surface area (Å²) in [5.41, 5.74) is -0.761. The number of likely N-dealkylation sites (N-methyl/N-ethyl adjacent to an activating group) is 1. The quantitative estimate of drug-likeness (QED) is 0.631. The van der Waals surface area contributed by atoms with Crippen LogP contribution >= 0.6 is 0 Å². The second-order valence-corrected chi connectivity index (χ2v) is 5.67. The molecule has 0 radical (unpaired) electrons. The molecule has 0 bridgehead atoms. The van der Waals surface area contributed by atoms with Gasteiger partial charge in [0.1, 0.15) is 5.82 Å². The highest BCUT2D eigenvalue weighted by Gasteiger charge is 2.33. The fourth-order valence-electron chi connectivity index (χ4n) is 2.19. The van der Waals surface area contributed by atoms with Gasteiger partial charge in [-0.15, -0.1) is 0 Å². The minimum atomic E-state index is -4.61. The van der Waals surface area contributed by atoms with Crippen LogP contribution in [0.2, 0.25) is 0 Å². The monoisotopic (exact) mass is 380 g/mol. The third-order valence-corrected chi connectivity index (χ3v) is 3.55. The van der Waals surface area contributed by atoms with Gasteiger partial charge >= 0.3 is 6.18 Å².